The Morgan fingerprint density at radius 3 is 1.67 bits per heavy atom. The van der Waals surface area contributed by atoms with Crippen molar-refractivity contribution in [1.29, 1.82) is 0 Å². The van der Waals surface area contributed by atoms with Gasteiger partial charge in [-0.1, -0.05) is 121 Å². The number of pyridine rings is 1. The molecule has 0 saturated carbocycles. The summed E-state index contributed by atoms with van der Waals surface area (Å²) in [5.41, 5.74) is 8.45. The van der Waals surface area contributed by atoms with Gasteiger partial charge in [0.15, 0.2) is 0 Å². The minimum absolute atomic E-state index is 0.997. The number of benzene rings is 8. The summed E-state index contributed by atoms with van der Waals surface area (Å²) in [6.07, 6.45) is 1.85. The molecule has 0 unspecified atom stereocenters. The van der Waals surface area contributed by atoms with Gasteiger partial charge in [0.25, 0.3) is 0 Å². The first-order valence-corrected chi connectivity index (χ1v) is 15.5. The number of hydrogen-bond donors (Lipinski definition) is 0. The molecular weight excluding hydrogens is 542 g/mol. The van der Waals surface area contributed by atoms with Crippen LogP contribution < -0.4 is 0 Å². The molecule has 0 spiro atoms. The van der Waals surface area contributed by atoms with Crippen molar-refractivity contribution in [2.75, 3.05) is 0 Å². The molecule has 45 heavy (non-hydrogen) atoms. The predicted octanol–water partition coefficient (Wildman–Crippen LogP) is 12.2. The van der Waals surface area contributed by atoms with Crippen LogP contribution in [0.3, 0.4) is 0 Å². The van der Waals surface area contributed by atoms with Gasteiger partial charge >= 0.3 is 0 Å². The Bertz CT molecular complexity index is 2600. The van der Waals surface area contributed by atoms with Gasteiger partial charge in [-0.3, -0.25) is 4.98 Å². The maximum atomic E-state index is 4.53. The molecule has 0 amide bonds. The average molecular weight is 572 g/mol. The third-order valence-electron chi connectivity index (χ3n) is 9.38. The molecule has 1 nitrogen and oxygen atoms in total. The molecule has 1 heterocycles. The van der Waals surface area contributed by atoms with Crippen LogP contribution in [0.5, 0.6) is 0 Å². The lowest BCUT2D eigenvalue weighted by Gasteiger charge is -2.16. The Labute approximate surface area is 262 Å². The zero-order chi connectivity index (χ0) is 29.9. The van der Waals surface area contributed by atoms with Crippen LogP contribution in [-0.4, -0.2) is 4.98 Å². The van der Waals surface area contributed by atoms with Gasteiger partial charge in [0.05, 0.1) is 5.69 Å². The van der Waals surface area contributed by atoms with E-state index in [0.29, 0.717) is 0 Å². The van der Waals surface area contributed by atoms with Gasteiger partial charge in [-0.15, -0.1) is 0 Å². The van der Waals surface area contributed by atoms with Crippen molar-refractivity contribution in [3.8, 4) is 33.5 Å². The summed E-state index contributed by atoms with van der Waals surface area (Å²) < 4.78 is 0. The monoisotopic (exact) mass is 571 g/mol. The minimum Gasteiger partial charge on any atom is -0.256 e. The zero-order valence-electron chi connectivity index (χ0n) is 25.0. The van der Waals surface area contributed by atoms with Crippen molar-refractivity contribution in [3.63, 3.8) is 0 Å². The molecule has 1 aromatic heterocycles. The normalized spacial score (nSPS) is 11.7. The van der Waals surface area contributed by atoms with Crippen LogP contribution in [0.1, 0.15) is 5.56 Å². The van der Waals surface area contributed by atoms with Crippen LogP contribution in [0, 0.1) is 6.92 Å². The molecule has 0 N–H and O–H groups in total. The number of hydrogen-bond acceptors (Lipinski definition) is 1. The average Bonchev–Trinajstić information content (AvgIpc) is 3.10. The van der Waals surface area contributed by atoms with Gasteiger partial charge in [-0.25, -0.2) is 0 Å². The molecule has 8 aromatic carbocycles. The second-order valence-corrected chi connectivity index (χ2v) is 12.0. The van der Waals surface area contributed by atoms with Crippen molar-refractivity contribution in [1.82, 2.24) is 4.98 Å². The molecule has 0 aliphatic heterocycles. The van der Waals surface area contributed by atoms with Crippen molar-refractivity contribution >= 4 is 53.9 Å². The molecule has 9 aromatic rings. The summed E-state index contributed by atoms with van der Waals surface area (Å²) in [4.78, 5) is 4.53. The summed E-state index contributed by atoms with van der Waals surface area (Å²) in [7, 11) is 0. The summed E-state index contributed by atoms with van der Waals surface area (Å²) in [5, 5.41) is 12.8. The lowest BCUT2D eigenvalue weighted by atomic mass is 9.88. The Hall–Kier alpha value is -5.79. The van der Waals surface area contributed by atoms with Gasteiger partial charge in [-0.2, -0.15) is 0 Å². The maximum absolute atomic E-state index is 4.53. The van der Waals surface area contributed by atoms with Crippen LogP contribution in [-0.2, 0) is 0 Å². The van der Waals surface area contributed by atoms with Crippen LogP contribution in [0.2, 0.25) is 0 Å². The molecule has 210 valence electrons. The van der Waals surface area contributed by atoms with E-state index in [1.165, 1.54) is 81.7 Å². The molecule has 0 aliphatic rings. The second-order valence-electron chi connectivity index (χ2n) is 12.0. The molecule has 0 bridgehead atoms. The van der Waals surface area contributed by atoms with E-state index in [1.54, 1.807) is 0 Å². The third-order valence-corrected chi connectivity index (χ3v) is 9.38. The first kappa shape index (κ1) is 25.7. The smallest absolute Gasteiger partial charge is 0.0702 e. The van der Waals surface area contributed by atoms with E-state index in [2.05, 4.69) is 151 Å². The van der Waals surface area contributed by atoms with E-state index >= 15 is 0 Å². The molecule has 0 aliphatic carbocycles. The fourth-order valence-corrected chi connectivity index (χ4v) is 7.20. The van der Waals surface area contributed by atoms with Crippen molar-refractivity contribution in [2.24, 2.45) is 0 Å². The number of rotatable bonds is 3. The fraction of sp³-hybridized carbons (Fsp3) is 0.0227. The molecule has 0 atom stereocenters. The first-order valence-electron chi connectivity index (χ1n) is 15.5. The van der Waals surface area contributed by atoms with Gasteiger partial charge in [-0.05, 0) is 119 Å². The van der Waals surface area contributed by atoms with Gasteiger partial charge in [0, 0.05) is 11.8 Å². The highest BCUT2D eigenvalue weighted by Gasteiger charge is 2.14. The lowest BCUT2D eigenvalue weighted by molar-refractivity contribution is 1.33. The number of aromatic nitrogens is 1. The largest absolute Gasteiger partial charge is 0.256 e. The molecule has 9 rings (SSSR count). The Morgan fingerprint density at radius 2 is 0.933 bits per heavy atom. The van der Waals surface area contributed by atoms with Crippen molar-refractivity contribution in [2.45, 2.75) is 6.92 Å². The Morgan fingerprint density at radius 1 is 0.378 bits per heavy atom. The third kappa shape index (κ3) is 4.20. The second kappa shape index (κ2) is 10.1. The van der Waals surface area contributed by atoms with E-state index < -0.39 is 0 Å². The first-order chi connectivity index (χ1) is 22.2. The maximum Gasteiger partial charge on any atom is 0.0702 e. The van der Waals surface area contributed by atoms with Gasteiger partial charge in [0.1, 0.15) is 0 Å². The SMILES string of the molecule is Cc1cccc2ccc3cccc(-c4cccc5ccc6cc(-c7ccc8cc(-c9ccccn9)ccc8c7)ccc6c45)c3c12. The zero-order valence-corrected chi connectivity index (χ0v) is 25.0. The van der Waals surface area contributed by atoms with Gasteiger partial charge < -0.3 is 0 Å². The summed E-state index contributed by atoms with van der Waals surface area (Å²) in [6.45, 7) is 2.23. The van der Waals surface area contributed by atoms with E-state index in [-0.39, 0.29) is 0 Å². The van der Waals surface area contributed by atoms with Crippen molar-refractivity contribution < 1.29 is 0 Å². The molecule has 0 radical (unpaired) electrons. The Balaban J connectivity index is 1.21. The molecule has 0 saturated heterocycles. The van der Waals surface area contributed by atoms with E-state index in [9.17, 15) is 0 Å². The highest BCUT2D eigenvalue weighted by Crippen LogP contribution is 2.41. The van der Waals surface area contributed by atoms with E-state index in [0.717, 1.165) is 11.3 Å². The van der Waals surface area contributed by atoms with Crippen LogP contribution in [0.15, 0.2) is 158 Å². The quantitative estimate of drug-likeness (QED) is 0.192. The summed E-state index contributed by atoms with van der Waals surface area (Å²) in [6, 6.07) is 55.5. The fourth-order valence-electron chi connectivity index (χ4n) is 7.20. The summed E-state index contributed by atoms with van der Waals surface area (Å²) in [5.74, 6) is 0. The molecular formula is C44H29N. The molecule has 0 fully saturated rings. The Kier molecular flexibility index (Phi) is 5.79. The molecule has 1 heteroatoms. The minimum atomic E-state index is 0.997. The number of fused-ring (bicyclic) bond motifs is 7. The highest BCUT2D eigenvalue weighted by molar-refractivity contribution is 6.21. The van der Waals surface area contributed by atoms with E-state index in [4.69, 9.17) is 0 Å². The van der Waals surface area contributed by atoms with Crippen LogP contribution in [0.25, 0.3) is 87.4 Å². The predicted molar refractivity (Wildman–Crippen MR) is 193 cm³/mol. The van der Waals surface area contributed by atoms with Gasteiger partial charge in [0.2, 0.25) is 0 Å². The van der Waals surface area contributed by atoms with Crippen molar-refractivity contribution in [3.05, 3.63) is 163 Å². The van der Waals surface area contributed by atoms with Crippen LogP contribution >= 0.6 is 0 Å². The lowest BCUT2D eigenvalue weighted by Crippen LogP contribution is -1.89. The number of nitrogens with zero attached hydrogens (tertiary/aromatic N) is 1. The summed E-state index contributed by atoms with van der Waals surface area (Å²) >= 11 is 0. The van der Waals surface area contributed by atoms with E-state index in [1.807, 2.05) is 18.3 Å². The van der Waals surface area contributed by atoms with Crippen LogP contribution in [0.4, 0.5) is 0 Å². The standard InChI is InChI=1S/C44H29N/c1-28-7-4-8-29-14-15-31-10-6-12-40(44(31)42(28)29)39-11-5-9-30-16-20-36-26-35(22-23-38(36)43(30)39)32-17-18-34-27-37(21-19-33(34)25-32)41-13-2-3-24-45-41/h2-27H,1H3. The topological polar surface area (TPSA) is 12.9 Å². The number of aryl methyl sites for hydroxylation is 1. The highest BCUT2D eigenvalue weighted by atomic mass is 14.7.